The van der Waals surface area contributed by atoms with Crippen LogP contribution in [0.3, 0.4) is 0 Å². The Morgan fingerprint density at radius 2 is 1.26 bits per heavy atom. The smallest absolute Gasteiger partial charge is 0.330 e. The number of oxime groups is 1. The third kappa shape index (κ3) is 12.2. The number of nitrogens with zero attached hydrogens (tertiary/aromatic N) is 1. The highest BCUT2D eigenvalue weighted by molar-refractivity contribution is 7.90. The summed E-state index contributed by atoms with van der Waals surface area (Å²) in [7, 11) is -8.32. The topological polar surface area (TPSA) is 223 Å². The Kier molecular flexibility index (Phi) is 7.73. The van der Waals surface area contributed by atoms with Crippen LogP contribution in [0.1, 0.15) is 12.8 Å². The van der Waals surface area contributed by atoms with E-state index in [1.807, 2.05) is 0 Å². The summed E-state index contributed by atoms with van der Waals surface area (Å²) < 4.78 is 50.8. The molecule has 0 unspecified atom stereocenters. The lowest BCUT2D eigenvalue weighted by atomic mass is 10.3. The first-order valence-electron chi connectivity index (χ1n) is 5.48. The summed E-state index contributed by atoms with van der Waals surface area (Å²) in [6, 6.07) is 0. The second-order valence-electron chi connectivity index (χ2n) is 3.93. The second-order valence-corrected chi connectivity index (χ2v) is 7.16. The summed E-state index contributed by atoms with van der Waals surface area (Å²) in [5.41, 5.74) is 0. The van der Waals surface area contributed by atoms with E-state index in [9.17, 15) is 31.2 Å². The van der Waals surface area contributed by atoms with Crippen molar-refractivity contribution in [3.05, 3.63) is 0 Å². The highest BCUT2D eigenvalue weighted by Gasteiger charge is 2.20. The van der Waals surface area contributed by atoms with Gasteiger partial charge in [-0.2, -0.15) is 0 Å². The van der Waals surface area contributed by atoms with Gasteiger partial charge in [0.2, 0.25) is 25.9 Å². The minimum atomic E-state index is -4.17. The molecule has 0 saturated heterocycles. The Balaban J connectivity index is 4.39. The molecule has 0 rings (SSSR count). The van der Waals surface area contributed by atoms with Gasteiger partial charge in [-0.05, 0) is 0 Å². The molecule has 0 heterocycles. The van der Waals surface area contributed by atoms with Crippen molar-refractivity contribution in [1.82, 2.24) is 0 Å². The van der Waals surface area contributed by atoms with Crippen molar-refractivity contribution >= 4 is 43.9 Å². The maximum absolute atomic E-state index is 11.2. The summed E-state index contributed by atoms with van der Waals surface area (Å²) in [6.07, 6.45) is -1.19. The summed E-state index contributed by atoms with van der Waals surface area (Å²) in [4.78, 5) is 33.3. The van der Waals surface area contributed by atoms with Gasteiger partial charge in [0.25, 0.3) is 0 Å². The van der Waals surface area contributed by atoms with E-state index in [4.69, 9.17) is 5.21 Å². The van der Waals surface area contributed by atoms with Crippen LogP contribution in [-0.2, 0) is 43.9 Å². The Hall–Kier alpha value is -2.10. The van der Waals surface area contributed by atoms with Crippen molar-refractivity contribution in [2.24, 2.45) is 15.4 Å². The number of hydrogen-bond donors (Lipinski definition) is 3. The molecule has 0 aliphatic carbocycles. The molecule has 23 heavy (non-hydrogen) atoms. The van der Waals surface area contributed by atoms with E-state index >= 15 is 0 Å². The first-order chi connectivity index (χ1) is 10.3. The van der Waals surface area contributed by atoms with E-state index in [0.29, 0.717) is 0 Å². The fourth-order valence-electron chi connectivity index (χ4n) is 1.03. The molecule has 13 nitrogen and oxygen atoms in total. The largest absolute Gasteiger partial charge is 0.408 e. The van der Waals surface area contributed by atoms with Crippen LogP contribution in [0.4, 0.5) is 0 Å². The number of esters is 3. The third-order valence-corrected chi connectivity index (χ3v) is 3.03. The lowest BCUT2D eigenvalue weighted by Crippen LogP contribution is -2.28. The Labute approximate surface area is 130 Å². The monoisotopic (exact) mass is 375 g/mol. The highest BCUT2D eigenvalue weighted by Crippen LogP contribution is 2.00. The van der Waals surface area contributed by atoms with E-state index in [0.717, 1.165) is 0 Å². The second kappa shape index (κ2) is 8.51. The summed E-state index contributed by atoms with van der Waals surface area (Å²) >= 11 is 0. The number of sulfonamides is 2. The molecule has 0 aliphatic rings. The molecule has 0 fully saturated rings. The van der Waals surface area contributed by atoms with Gasteiger partial charge in [-0.3, -0.25) is 14.4 Å². The molecule has 0 atom stereocenters. The molecule has 0 radical (unpaired) electrons. The average molecular weight is 375 g/mol. The molecule has 0 aromatic rings. The maximum atomic E-state index is 11.2. The zero-order valence-corrected chi connectivity index (χ0v) is 13.0. The number of ether oxygens (including phenoxy) is 2. The molecule has 5 N–H and O–H groups in total. The fraction of sp³-hybridized carbons (Fsp3) is 0.500. The molecule has 0 aliphatic heterocycles. The SMILES string of the molecule is NS(=O)(=O)CC(=O)OC(=O)CC/C(=N/O)OC(=O)CS(N)(=O)=O. The van der Waals surface area contributed by atoms with Gasteiger partial charge >= 0.3 is 17.9 Å². The van der Waals surface area contributed by atoms with Crippen molar-refractivity contribution < 1.29 is 45.9 Å². The fourth-order valence-corrected chi connectivity index (χ4v) is 1.80. The van der Waals surface area contributed by atoms with Gasteiger partial charge in [0.15, 0.2) is 11.5 Å². The minimum absolute atomic E-state index is 0.547. The zero-order chi connectivity index (χ0) is 18.3. The number of nitrogens with two attached hydrogens (primary N) is 2. The molecular formula is C8H13N3O10S2. The Morgan fingerprint density at radius 3 is 1.65 bits per heavy atom. The predicted molar refractivity (Wildman–Crippen MR) is 71.6 cm³/mol. The Morgan fingerprint density at radius 1 is 0.826 bits per heavy atom. The normalized spacial score (nSPS) is 12.5. The molecule has 15 heteroatoms. The molecule has 132 valence electrons. The van der Waals surface area contributed by atoms with Gasteiger partial charge in [0, 0.05) is 6.42 Å². The standard InChI is InChI=1S/C8H13N3O10S2/c9-22(16,17)3-7(13)20-5(11-15)1-2-6(12)21-8(14)4-23(10,18)19/h15H,1-4H2,(H2,9,16,17)(H2,10,18,19)/b11-5-. The first kappa shape index (κ1) is 20.9. The van der Waals surface area contributed by atoms with Crippen molar-refractivity contribution in [2.45, 2.75) is 12.8 Å². The van der Waals surface area contributed by atoms with Crippen molar-refractivity contribution in [2.75, 3.05) is 11.5 Å². The quantitative estimate of drug-likeness (QED) is 0.101. The van der Waals surface area contributed by atoms with Gasteiger partial charge < -0.3 is 14.7 Å². The predicted octanol–water partition coefficient (Wildman–Crippen LogP) is -3.26. The lowest BCUT2D eigenvalue weighted by Gasteiger charge is -2.05. The molecule has 0 amide bonds. The van der Waals surface area contributed by atoms with E-state index in [2.05, 4.69) is 24.9 Å². The van der Waals surface area contributed by atoms with Gasteiger partial charge in [-0.25, -0.2) is 27.1 Å². The van der Waals surface area contributed by atoms with E-state index in [-0.39, 0.29) is 0 Å². The third-order valence-electron chi connectivity index (χ3n) is 1.75. The molecule has 0 bridgehead atoms. The molecule has 0 spiro atoms. The van der Waals surface area contributed by atoms with E-state index in [1.165, 1.54) is 0 Å². The summed E-state index contributed by atoms with van der Waals surface area (Å²) in [5.74, 6) is -7.16. The van der Waals surface area contributed by atoms with Crippen LogP contribution in [0.15, 0.2) is 5.16 Å². The van der Waals surface area contributed by atoms with Crippen molar-refractivity contribution in [3.8, 4) is 0 Å². The summed E-state index contributed by atoms with van der Waals surface area (Å²) in [5, 5.41) is 20.2. The lowest BCUT2D eigenvalue weighted by molar-refractivity contribution is -0.157. The number of carbonyl (C=O) groups excluding carboxylic acids is 3. The molecule has 0 aromatic carbocycles. The Bertz CT molecular complexity index is 708. The molecular weight excluding hydrogens is 362 g/mol. The zero-order valence-electron chi connectivity index (χ0n) is 11.4. The van der Waals surface area contributed by atoms with Gasteiger partial charge in [0.1, 0.15) is 0 Å². The number of hydrogen-bond acceptors (Lipinski definition) is 11. The average Bonchev–Trinajstić information content (AvgIpc) is 2.29. The van der Waals surface area contributed by atoms with Gasteiger partial charge in [-0.15, -0.1) is 0 Å². The van der Waals surface area contributed by atoms with Crippen LogP contribution >= 0.6 is 0 Å². The highest BCUT2D eigenvalue weighted by atomic mass is 32.2. The van der Waals surface area contributed by atoms with Gasteiger partial charge in [-0.1, -0.05) is 5.16 Å². The molecule has 0 saturated carbocycles. The summed E-state index contributed by atoms with van der Waals surface area (Å²) in [6.45, 7) is 0. The molecule has 0 aromatic heterocycles. The van der Waals surface area contributed by atoms with Gasteiger partial charge in [0.05, 0.1) is 6.42 Å². The maximum Gasteiger partial charge on any atom is 0.330 e. The van der Waals surface area contributed by atoms with Crippen molar-refractivity contribution in [1.29, 1.82) is 0 Å². The van der Waals surface area contributed by atoms with Crippen LogP contribution < -0.4 is 10.3 Å². The van der Waals surface area contributed by atoms with E-state index in [1.54, 1.807) is 0 Å². The van der Waals surface area contributed by atoms with Crippen LogP contribution in [-0.4, -0.2) is 57.4 Å². The van der Waals surface area contributed by atoms with E-state index < -0.39 is 68.2 Å². The van der Waals surface area contributed by atoms with Crippen LogP contribution in [0.25, 0.3) is 0 Å². The van der Waals surface area contributed by atoms with Crippen molar-refractivity contribution in [3.63, 3.8) is 0 Å². The number of carbonyl (C=O) groups is 3. The van der Waals surface area contributed by atoms with Crippen LogP contribution in [0.2, 0.25) is 0 Å². The number of rotatable bonds is 7. The number of primary sulfonamides is 2. The van der Waals surface area contributed by atoms with Crippen LogP contribution in [0.5, 0.6) is 0 Å². The van der Waals surface area contributed by atoms with Crippen LogP contribution in [0, 0.1) is 0 Å². The first-order valence-corrected chi connectivity index (χ1v) is 8.91. The minimum Gasteiger partial charge on any atom is -0.408 e.